The number of hydrogen-bond acceptors (Lipinski definition) is 8. The quantitative estimate of drug-likeness (QED) is 0.161. The van der Waals surface area contributed by atoms with Crippen LogP contribution in [0.2, 0.25) is 5.02 Å². The minimum atomic E-state index is -4.66. The number of rotatable bonds is 12. The van der Waals surface area contributed by atoms with E-state index >= 15 is 0 Å². The molecule has 10 nitrogen and oxygen atoms in total. The first kappa shape index (κ1) is 35.8. The summed E-state index contributed by atoms with van der Waals surface area (Å²) < 4.78 is 45.2. The number of hydrogen-bond donors (Lipinski definition) is 4. The molecule has 3 aromatic rings. The largest absolute Gasteiger partial charge is 0.417 e. The van der Waals surface area contributed by atoms with Gasteiger partial charge in [0.2, 0.25) is 0 Å². The molecule has 0 radical (unpaired) electrons. The molecule has 252 valence electrons. The van der Waals surface area contributed by atoms with E-state index < -0.39 is 40.8 Å². The van der Waals surface area contributed by atoms with Gasteiger partial charge in [0.25, 0.3) is 11.8 Å². The Morgan fingerprint density at radius 1 is 1.02 bits per heavy atom. The van der Waals surface area contributed by atoms with Crippen LogP contribution in [0.5, 0.6) is 0 Å². The second-order valence-corrected chi connectivity index (χ2v) is 11.7. The number of hydrazone groups is 1. The Morgan fingerprint density at radius 3 is 2.38 bits per heavy atom. The highest BCUT2D eigenvalue weighted by Gasteiger charge is 2.33. The number of aliphatic hydroxyl groups is 2. The zero-order valence-electron chi connectivity index (χ0n) is 25.9. The number of benzene rings is 3. The fraction of sp³-hybridized carbons (Fsp3) is 0.364. The molecule has 47 heavy (non-hydrogen) atoms. The average Bonchev–Trinajstić information content (AvgIpc) is 3.01. The lowest BCUT2D eigenvalue weighted by Crippen LogP contribution is -2.36. The van der Waals surface area contributed by atoms with Crippen LogP contribution in [-0.2, 0) is 17.5 Å². The number of morpholine rings is 1. The molecule has 1 heterocycles. The van der Waals surface area contributed by atoms with Crippen molar-refractivity contribution in [2.24, 2.45) is 5.10 Å². The molecule has 3 aromatic carbocycles. The highest BCUT2D eigenvalue weighted by atomic mass is 35.5. The van der Waals surface area contributed by atoms with Gasteiger partial charge in [-0.2, -0.15) is 18.3 Å². The van der Waals surface area contributed by atoms with Gasteiger partial charge in [0.15, 0.2) is 0 Å². The summed E-state index contributed by atoms with van der Waals surface area (Å²) in [5.74, 6) is -1.18. The van der Waals surface area contributed by atoms with E-state index in [-0.39, 0.29) is 16.8 Å². The van der Waals surface area contributed by atoms with Gasteiger partial charge in [-0.1, -0.05) is 29.8 Å². The van der Waals surface area contributed by atoms with Gasteiger partial charge >= 0.3 is 6.18 Å². The molecular formula is C33H37ClF3N5O5. The Morgan fingerprint density at radius 2 is 1.72 bits per heavy atom. The van der Waals surface area contributed by atoms with Crippen molar-refractivity contribution in [2.75, 3.05) is 49.6 Å². The summed E-state index contributed by atoms with van der Waals surface area (Å²) in [6.45, 7) is 6.57. The van der Waals surface area contributed by atoms with Crippen molar-refractivity contribution in [3.05, 3.63) is 93.5 Å². The highest BCUT2D eigenvalue weighted by Crippen LogP contribution is 2.35. The molecule has 0 unspecified atom stereocenters. The molecule has 2 amide bonds. The lowest BCUT2D eigenvalue weighted by atomic mass is 10.1. The molecule has 1 saturated heterocycles. The first-order chi connectivity index (χ1) is 22.3. The van der Waals surface area contributed by atoms with Crippen molar-refractivity contribution >= 4 is 41.0 Å². The van der Waals surface area contributed by atoms with Gasteiger partial charge in [-0.3, -0.25) is 14.5 Å². The van der Waals surface area contributed by atoms with E-state index in [1.54, 1.807) is 50.2 Å². The van der Waals surface area contributed by atoms with Crippen molar-refractivity contribution in [1.82, 2.24) is 10.3 Å². The van der Waals surface area contributed by atoms with E-state index in [0.29, 0.717) is 57.2 Å². The van der Waals surface area contributed by atoms with E-state index in [2.05, 4.69) is 15.8 Å². The summed E-state index contributed by atoms with van der Waals surface area (Å²) in [5.41, 5.74) is 3.48. The third kappa shape index (κ3) is 10.5. The number of halogens is 4. The van der Waals surface area contributed by atoms with Gasteiger partial charge in [0, 0.05) is 44.0 Å². The molecule has 0 saturated carbocycles. The normalized spacial score (nSPS) is 15.1. The van der Waals surface area contributed by atoms with E-state index in [1.165, 1.54) is 6.07 Å². The smallest absolute Gasteiger partial charge is 0.392 e. The number of ether oxygens (including phenoxy) is 1. The average molecular weight is 676 g/mol. The topological polar surface area (TPSA) is 127 Å². The summed E-state index contributed by atoms with van der Waals surface area (Å²) >= 11 is 5.69. The Labute approximate surface area is 275 Å². The Balaban J connectivity index is 1.56. The van der Waals surface area contributed by atoms with Gasteiger partial charge in [0.05, 0.1) is 53.5 Å². The Kier molecular flexibility index (Phi) is 12.4. The fourth-order valence-electron chi connectivity index (χ4n) is 5.13. The van der Waals surface area contributed by atoms with Crippen LogP contribution in [0.1, 0.15) is 51.3 Å². The molecule has 0 aliphatic carbocycles. The van der Waals surface area contributed by atoms with Crippen LogP contribution in [0.4, 0.5) is 24.5 Å². The lowest BCUT2D eigenvalue weighted by Gasteiger charge is -2.29. The molecule has 1 aliphatic rings. The monoisotopic (exact) mass is 675 g/mol. The standard InChI is InChI=1S/C33H37ClF3N5O5/c1-21(43)18-41(19-22(2)44)20-24-4-3-5-25(14-24)31(45)39-30-9-7-26(42-10-12-47-13-11-42)16-27(30)32(46)40-38-17-23-6-8-29(34)28(15-23)33(35,36)37/h3-9,14-17,21-22,43-44H,10-13,18-20H2,1-2H3,(H,39,45)(H,40,46)/b38-17+/t21-,22+. The number of nitrogens with one attached hydrogen (secondary N) is 2. The summed E-state index contributed by atoms with van der Waals surface area (Å²) in [4.78, 5) is 30.7. The molecule has 4 rings (SSSR count). The minimum Gasteiger partial charge on any atom is -0.392 e. The molecule has 0 bridgehead atoms. The second kappa shape index (κ2) is 16.2. The van der Waals surface area contributed by atoms with Gasteiger partial charge in [-0.25, -0.2) is 5.43 Å². The number of nitrogens with zero attached hydrogens (tertiary/aromatic N) is 3. The summed E-state index contributed by atoms with van der Waals surface area (Å²) in [6.07, 6.45) is -4.82. The zero-order chi connectivity index (χ0) is 34.1. The molecule has 4 N–H and O–H groups in total. The zero-order valence-corrected chi connectivity index (χ0v) is 26.7. The SMILES string of the molecule is C[C@H](O)CN(Cc1cccc(C(=O)Nc2ccc(N3CCOCC3)cc2C(=O)N/N=C/c2ccc(Cl)c(C(F)(F)F)c2)c1)C[C@@H](C)O. The van der Waals surface area contributed by atoms with Crippen LogP contribution < -0.4 is 15.6 Å². The number of carbonyl (C=O) groups excluding carboxylic acids is 2. The second-order valence-electron chi connectivity index (χ2n) is 11.3. The summed E-state index contributed by atoms with van der Waals surface area (Å²) in [7, 11) is 0. The maximum absolute atomic E-state index is 13.4. The minimum absolute atomic E-state index is 0.0676. The molecule has 2 atom stereocenters. The molecule has 14 heteroatoms. The maximum atomic E-state index is 13.4. The predicted octanol–water partition coefficient (Wildman–Crippen LogP) is 4.78. The number of amides is 2. The Hall–Kier alpha value is -4.01. The van der Waals surface area contributed by atoms with Crippen molar-refractivity contribution in [3.8, 4) is 0 Å². The van der Waals surface area contributed by atoms with Crippen LogP contribution in [0.3, 0.4) is 0 Å². The van der Waals surface area contributed by atoms with Crippen LogP contribution in [0.15, 0.2) is 65.8 Å². The first-order valence-corrected chi connectivity index (χ1v) is 15.3. The predicted molar refractivity (Wildman–Crippen MR) is 174 cm³/mol. The summed E-state index contributed by atoms with van der Waals surface area (Å²) in [5, 5.41) is 25.9. The number of alkyl halides is 3. The van der Waals surface area contributed by atoms with Gasteiger partial charge in [0.1, 0.15) is 0 Å². The highest BCUT2D eigenvalue weighted by molar-refractivity contribution is 6.31. The number of aliphatic hydroxyl groups excluding tert-OH is 2. The van der Waals surface area contributed by atoms with Crippen molar-refractivity contribution < 1.29 is 37.7 Å². The van der Waals surface area contributed by atoms with Gasteiger partial charge in [-0.15, -0.1) is 0 Å². The van der Waals surface area contributed by atoms with Crippen LogP contribution in [-0.4, -0.2) is 84.7 Å². The fourth-order valence-corrected chi connectivity index (χ4v) is 5.35. The Bertz CT molecular complexity index is 1570. The van der Waals surface area contributed by atoms with Gasteiger partial charge in [-0.05, 0) is 67.4 Å². The van der Waals surface area contributed by atoms with Crippen molar-refractivity contribution in [1.29, 1.82) is 0 Å². The molecule has 1 fully saturated rings. The third-order valence-electron chi connectivity index (χ3n) is 7.19. The van der Waals surface area contributed by atoms with Crippen LogP contribution in [0, 0.1) is 0 Å². The molecular weight excluding hydrogens is 639 g/mol. The van der Waals surface area contributed by atoms with E-state index in [1.807, 2.05) is 15.9 Å². The number of carbonyl (C=O) groups is 2. The molecule has 0 aromatic heterocycles. The third-order valence-corrected chi connectivity index (χ3v) is 7.52. The van der Waals surface area contributed by atoms with Crippen molar-refractivity contribution in [2.45, 2.75) is 38.8 Å². The van der Waals surface area contributed by atoms with E-state index in [9.17, 15) is 33.0 Å². The van der Waals surface area contributed by atoms with Gasteiger partial charge < -0.3 is 25.2 Å². The first-order valence-electron chi connectivity index (χ1n) is 15.0. The van der Waals surface area contributed by atoms with E-state index in [4.69, 9.17) is 16.3 Å². The van der Waals surface area contributed by atoms with Crippen LogP contribution >= 0.6 is 11.6 Å². The van der Waals surface area contributed by atoms with Crippen LogP contribution in [0.25, 0.3) is 0 Å². The number of anilines is 2. The van der Waals surface area contributed by atoms with E-state index in [0.717, 1.165) is 23.9 Å². The lowest BCUT2D eigenvalue weighted by molar-refractivity contribution is -0.137. The maximum Gasteiger partial charge on any atom is 0.417 e. The molecule has 0 spiro atoms. The summed E-state index contributed by atoms with van der Waals surface area (Å²) in [6, 6.07) is 15.1. The van der Waals surface area contributed by atoms with Crippen molar-refractivity contribution in [3.63, 3.8) is 0 Å². The molecule has 1 aliphatic heterocycles.